The Morgan fingerprint density at radius 1 is 1.48 bits per heavy atom. The molecule has 7 heteroatoms. The Labute approximate surface area is 139 Å². The van der Waals surface area contributed by atoms with Crippen LogP contribution < -0.4 is 5.32 Å². The highest BCUT2D eigenvalue weighted by atomic mass is 79.9. The summed E-state index contributed by atoms with van der Waals surface area (Å²) in [5, 5.41) is 3.33. The third kappa shape index (κ3) is 3.08. The van der Waals surface area contributed by atoms with Crippen LogP contribution in [-0.2, 0) is 16.6 Å². The predicted molar refractivity (Wildman–Crippen MR) is 89.0 cm³/mol. The molecule has 1 N–H and O–H groups in total. The molecule has 21 heavy (non-hydrogen) atoms. The Kier molecular flexibility index (Phi) is 4.49. The first-order valence-electron chi connectivity index (χ1n) is 7.41. The van der Waals surface area contributed by atoms with Crippen LogP contribution in [0.1, 0.15) is 38.0 Å². The largest absolute Gasteiger partial charge is 0.310 e. The van der Waals surface area contributed by atoms with Crippen LogP contribution >= 0.6 is 27.3 Å². The lowest BCUT2D eigenvalue weighted by atomic mass is 10.1. The van der Waals surface area contributed by atoms with E-state index < -0.39 is 10.0 Å². The van der Waals surface area contributed by atoms with Crippen molar-refractivity contribution in [2.24, 2.45) is 5.92 Å². The second-order valence-electron chi connectivity index (χ2n) is 6.29. The van der Waals surface area contributed by atoms with Crippen molar-refractivity contribution in [2.45, 2.75) is 56.6 Å². The van der Waals surface area contributed by atoms with Crippen molar-refractivity contribution in [3.05, 3.63) is 14.7 Å². The third-order valence-corrected chi connectivity index (χ3v) is 8.51. The van der Waals surface area contributed by atoms with Crippen LogP contribution in [0.25, 0.3) is 0 Å². The second kappa shape index (κ2) is 5.92. The van der Waals surface area contributed by atoms with Gasteiger partial charge >= 0.3 is 0 Å². The SMILES string of the molecule is CC(C)NCc1cc(S(=O)(=O)N2CC3CCC2C3)c(Br)s1. The van der Waals surface area contributed by atoms with Gasteiger partial charge in [-0.25, -0.2) is 8.42 Å². The number of sulfonamides is 1. The molecule has 2 aliphatic rings. The van der Waals surface area contributed by atoms with Crippen LogP contribution in [0, 0.1) is 5.92 Å². The van der Waals surface area contributed by atoms with E-state index in [0.717, 1.165) is 21.5 Å². The lowest BCUT2D eigenvalue weighted by molar-refractivity contribution is 0.333. The zero-order chi connectivity index (χ0) is 15.2. The summed E-state index contributed by atoms with van der Waals surface area (Å²) in [7, 11) is -3.35. The van der Waals surface area contributed by atoms with Gasteiger partial charge in [-0.2, -0.15) is 4.31 Å². The number of nitrogens with one attached hydrogen (secondary N) is 1. The summed E-state index contributed by atoms with van der Waals surface area (Å²) >= 11 is 4.96. The first-order valence-corrected chi connectivity index (χ1v) is 10.5. The van der Waals surface area contributed by atoms with Gasteiger partial charge in [-0.15, -0.1) is 11.3 Å². The first-order chi connectivity index (χ1) is 9.88. The average molecular weight is 393 g/mol. The summed E-state index contributed by atoms with van der Waals surface area (Å²) < 4.78 is 28.2. The molecule has 0 aromatic carbocycles. The van der Waals surface area contributed by atoms with Crippen molar-refractivity contribution in [1.82, 2.24) is 9.62 Å². The molecule has 3 rings (SSSR count). The number of hydrogen-bond acceptors (Lipinski definition) is 4. The molecule has 2 unspecified atom stereocenters. The molecule has 2 atom stereocenters. The highest BCUT2D eigenvalue weighted by molar-refractivity contribution is 9.11. The van der Waals surface area contributed by atoms with Crippen LogP contribution in [-0.4, -0.2) is 31.4 Å². The summed E-state index contributed by atoms with van der Waals surface area (Å²) in [5.41, 5.74) is 0. The Morgan fingerprint density at radius 3 is 2.81 bits per heavy atom. The van der Waals surface area contributed by atoms with E-state index in [2.05, 4.69) is 35.1 Å². The van der Waals surface area contributed by atoms with Gasteiger partial charge in [0.2, 0.25) is 10.0 Å². The topological polar surface area (TPSA) is 49.4 Å². The molecule has 2 fully saturated rings. The molecular weight excluding hydrogens is 372 g/mol. The van der Waals surface area contributed by atoms with Gasteiger partial charge in [-0.1, -0.05) is 13.8 Å². The molecule has 1 aromatic heterocycles. The molecule has 0 amide bonds. The van der Waals surface area contributed by atoms with Crippen molar-refractivity contribution >= 4 is 37.3 Å². The number of piperidine rings is 1. The number of hydrogen-bond donors (Lipinski definition) is 1. The fraction of sp³-hybridized carbons (Fsp3) is 0.714. The lowest BCUT2D eigenvalue weighted by Gasteiger charge is -2.25. The van der Waals surface area contributed by atoms with Crippen LogP contribution in [0.15, 0.2) is 14.7 Å². The molecule has 118 valence electrons. The zero-order valence-electron chi connectivity index (χ0n) is 12.3. The van der Waals surface area contributed by atoms with Gasteiger partial charge < -0.3 is 5.32 Å². The number of halogens is 1. The number of thiophene rings is 1. The summed E-state index contributed by atoms with van der Waals surface area (Å²) in [4.78, 5) is 1.50. The molecule has 1 aliphatic carbocycles. The summed E-state index contributed by atoms with van der Waals surface area (Å²) in [6.45, 7) is 5.58. The minimum absolute atomic E-state index is 0.226. The van der Waals surface area contributed by atoms with E-state index in [4.69, 9.17) is 0 Å². The average Bonchev–Trinajstić information content (AvgIpc) is 3.10. The molecule has 4 nitrogen and oxygen atoms in total. The van der Waals surface area contributed by atoms with Crippen LogP contribution in [0.5, 0.6) is 0 Å². The third-order valence-electron chi connectivity index (χ3n) is 4.34. The monoisotopic (exact) mass is 392 g/mol. The minimum Gasteiger partial charge on any atom is -0.310 e. The van der Waals surface area contributed by atoms with Crippen molar-refractivity contribution < 1.29 is 8.42 Å². The van der Waals surface area contributed by atoms with E-state index in [1.807, 2.05) is 6.07 Å². The van der Waals surface area contributed by atoms with Crippen molar-refractivity contribution in [2.75, 3.05) is 6.54 Å². The quantitative estimate of drug-likeness (QED) is 0.836. The lowest BCUT2D eigenvalue weighted by Crippen LogP contribution is -2.37. The fourth-order valence-electron chi connectivity index (χ4n) is 3.27. The molecule has 0 radical (unpaired) electrons. The van der Waals surface area contributed by atoms with E-state index in [0.29, 0.717) is 29.9 Å². The van der Waals surface area contributed by atoms with E-state index >= 15 is 0 Å². The molecule has 1 aliphatic heterocycles. The van der Waals surface area contributed by atoms with E-state index in [-0.39, 0.29) is 6.04 Å². The Bertz CT molecular complexity index is 627. The van der Waals surface area contributed by atoms with Crippen LogP contribution in [0.3, 0.4) is 0 Å². The molecule has 0 spiro atoms. The Hall–Kier alpha value is 0.0500. The van der Waals surface area contributed by atoms with Crippen LogP contribution in [0.2, 0.25) is 0 Å². The Morgan fingerprint density at radius 2 is 2.24 bits per heavy atom. The molecule has 1 saturated carbocycles. The second-order valence-corrected chi connectivity index (χ2v) is 10.6. The van der Waals surface area contributed by atoms with Gasteiger partial charge in [-0.05, 0) is 47.2 Å². The Balaban J connectivity index is 1.82. The maximum Gasteiger partial charge on any atom is 0.245 e. The maximum absolute atomic E-state index is 12.9. The van der Waals surface area contributed by atoms with Gasteiger partial charge in [0.1, 0.15) is 4.90 Å². The highest BCUT2D eigenvalue weighted by Gasteiger charge is 2.45. The molecule has 1 saturated heterocycles. The fourth-order valence-corrected chi connectivity index (χ4v) is 7.59. The minimum atomic E-state index is -3.35. The summed E-state index contributed by atoms with van der Waals surface area (Å²) in [6, 6.07) is 2.44. The highest BCUT2D eigenvalue weighted by Crippen LogP contribution is 2.42. The van der Waals surface area contributed by atoms with Crippen molar-refractivity contribution in [1.29, 1.82) is 0 Å². The van der Waals surface area contributed by atoms with Gasteiger partial charge in [0, 0.05) is 30.1 Å². The number of rotatable bonds is 5. The molecule has 2 heterocycles. The number of fused-ring (bicyclic) bond motifs is 2. The smallest absolute Gasteiger partial charge is 0.245 e. The van der Waals surface area contributed by atoms with E-state index in [9.17, 15) is 8.42 Å². The van der Waals surface area contributed by atoms with Gasteiger partial charge in [-0.3, -0.25) is 0 Å². The zero-order valence-corrected chi connectivity index (χ0v) is 15.5. The molecule has 2 bridgehead atoms. The van der Waals surface area contributed by atoms with E-state index in [1.165, 1.54) is 17.8 Å². The predicted octanol–water partition coefficient (Wildman–Crippen LogP) is 3.18. The first kappa shape index (κ1) is 15.9. The van der Waals surface area contributed by atoms with Crippen LogP contribution in [0.4, 0.5) is 0 Å². The van der Waals surface area contributed by atoms with Crippen molar-refractivity contribution in [3.8, 4) is 0 Å². The number of nitrogens with zero attached hydrogens (tertiary/aromatic N) is 1. The summed E-state index contributed by atoms with van der Waals surface area (Å²) in [6.07, 6.45) is 3.25. The van der Waals surface area contributed by atoms with Crippen molar-refractivity contribution in [3.63, 3.8) is 0 Å². The molecular formula is C14H21BrN2O2S2. The van der Waals surface area contributed by atoms with E-state index in [1.54, 1.807) is 4.31 Å². The standard InChI is InChI=1S/C14H21BrN2O2S2/c1-9(2)16-7-12-6-13(14(15)20-12)21(18,19)17-8-10-3-4-11(17)5-10/h6,9-11,16H,3-5,7-8H2,1-2H3. The van der Waals surface area contributed by atoms with Gasteiger partial charge in [0.25, 0.3) is 0 Å². The van der Waals surface area contributed by atoms with Gasteiger partial charge in [0.15, 0.2) is 0 Å². The summed E-state index contributed by atoms with van der Waals surface area (Å²) in [5.74, 6) is 0.573. The normalized spacial score (nSPS) is 26.1. The molecule has 1 aromatic rings. The van der Waals surface area contributed by atoms with Gasteiger partial charge in [0.05, 0.1) is 3.79 Å². The maximum atomic E-state index is 12.9.